The van der Waals surface area contributed by atoms with Gasteiger partial charge in [0.25, 0.3) is 5.91 Å². The molecule has 6 nitrogen and oxygen atoms in total. The van der Waals surface area contributed by atoms with Crippen LogP contribution in [0.25, 0.3) is 0 Å². The highest BCUT2D eigenvalue weighted by molar-refractivity contribution is 6.30. The smallest absolute Gasteiger partial charge is 0.252 e. The summed E-state index contributed by atoms with van der Waals surface area (Å²) in [6.07, 6.45) is 3.24. The van der Waals surface area contributed by atoms with Crippen molar-refractivity contribution >= 4 is 17.5 Å². The maximum absolute atomic E-state index is 11.9. The Hall–Kier alpha value is -2.86. The van der Waals surface area contributed by atoms with Crippen LogP contribution in [0.15, 0.2) is 42.6 Å². The maximum atomic E-state index is 11.9. The van der Waals surface area contributed by atoms with Gasteiger partial charge < -0.3 is 10.8 Å². The van der Waals surface area contributed by atoms with Crippen LogP contribution in [-0.2, 0) is 19.3 Å². The van der Waals surface area contributed by atoms with E-state index in [0.29, 0.717) is 41.4 Å². The second kappa shape index (κ2) is 7.36. The SMILES string of the molecule is NC(=O)c1c(CCc2ccc(O)cc2)n[nH]c1Cc1cccnc1Cl. The summed E-state index contributed by atoms with van der Waals surface area (Å²) in [5.41, 5.74) is 9.04. The van der Waals surface area contributed by atoms with Gasteiger partial charge in [-0.2, -0.15) is 5.10 Å². The molecular weight excluding hydrogens is 340 g/mol. The first-order valence-electron chi connectivity index (χ1n) is 7.78. The number of rotatable bonds is 6. The Morgan fingerprint density at radius 2 is 1.96 bits per heavy atom. The van der Waals surface area contributed by atoms with Crippen LogP contribution in [0.1, 0.15) is 32.9 Å². The quantitative estimate of drug-likeness (QED) is 0.590. The molecule has 0 bridgehead atoms. The summed E-state index contributed by atoms with van der Waals surface area (Å²) in [7, 11) is 0. The van der Waals surface area contributed by atoms with E-state index in [-0.39, 0.29) is 5.75 Å². The van der Waals surface area contributed by atoms with E-state index < -0.39 is 5.91 Å². The summed E-state index contributed by atoms with van der Waals surface area (Å²) in [6, 6.07) is 10.6. The van der Waals surface area contributed by atoms with Crippen LogP contribution in [0.5, 0.6) is 5.75 Å². The van der Waals surface area contributed by atoms with Crippen molar-refractivity contribution in [2.75, 3.05) is 0 Å². The molecule has 2 aromatic heterocycles. The van der Waals surface area contributed by atoms with Crippen molar-refractivity contribution in [3.63, 3.8) is 0 Å². The van der Waals surface area contributed by atoms with Crippen molar-refractivity contribution < 1.29 is 9.90 Å². The second-order valence-electron chi connectivity index (χ2n) is 5.68. The summed E-state index contributed by atoms with van der Waals surface area (Å²) >= 11 is 6.08. The molecule has 0 fully saturated rings. The Morgan fingerprint density at radius 1 is 1.20 bits per heavy atom. The van der Waals surface area contributed by atoms with Crippen LogP contribution in [0.2, 0.25) is 5.15 Å². The zero-order valence-electron chi connectivity index (χ0n) is 13.4. The van der Waals surface area contributed by atoms with Crippen molar-refractivity contribution in [1.29, 1.82) is 0 Å². The molecule has 0 saturated carbocycles. The molecule has 0 aliphatic carbocycles. The lowest BCUT2D eigenvalue weighted by atomic mass is 10.0. The minimum atomic E-state index is -0.524. The van der Waals surface area contributed by atoms with E-state index in [1.165, 1.54) is 0 Å². The third-order valence-electron chi connectivity index (χ3n) is 3.95. The number of halogens is 1. The van der Waals surface area contributed by atoms with Crippen molar-refractivity contribution in [1.82, 2.24) is 15.2 Å². The van der Waals surface area contributed by atoms with Crippen LogP contribution >= 0.6 is 11.6 Å². The van der Waals surface area contributed by atoms with E-state index in [9.17, 15) is 9.90 Å². The lowest BCUT2D eigenvalue weighted by Crippen LogP contribution is -2.15. The number of amides is 1. The van der Waals surface area contributed by atoms with E-state index in [1.54, 1.807) is 24.4 Å². The minimum absolute atomic E-state index is 0.219. The van der Waals surface area contributed by atoms with Crippen LogP contribution in [0.4, 0.5) is 0 Å². The predicted molar refractivity (Wildman–Crippen MR) is 94.7 cm³/mol. The molecule has 2 heterocycles. The number of aromatic amines is 1. The Morgan fingerprint density at radius 3 is 2.64 bits per heavy atom. The molecule has 3 rings (SSSR count). The third-order valence-corrected chi connectivity index (χ3v) is 4.29. The van der Waals surface area contributed by atoms with Crippen LogP contribution in [0.3, 0.4) is 0 Å². The Kier molecular flexibility index (Phi) is 5.00. The van der Waals surface area contributed by atoms with Crippen molar-refractivity contribution in [3.05, 3.63) is 75.8 Å². The number of hydrogen-bond acceptors (Lipinski definition) is 4. The number of aromatic nitrogens is 3. The van der Waals surface area contributed by atoms with E-state index in [1.807, 2.05) is 18.2 Å². The van der Waals surface area contributed by atoms with Gasteiger partial charge in [-0.25, -0.2) is 4.98 Å². The van der Waals surface area contributed by atoms with Crippen molar-refractivity contribution in [2.45, 2.75) is 19.3 Å². The number of aromatic hydroxyl groups is 1. The van der Waals surface area contributed by atoms with Crippen LogP contribution in [-0.4, -0.2) is 26.2 Å². The van der Waals surface area contributed by atoms with E-state index in [2.05, 4.69) is 15.2 Å². The van der Waals surface area contributed by atoms with Gasteiger partial charge in [0.1, 0.15) is 10.9 Å². The molecule has 0 saturated heterocycles. The van der Waals surface area contributed by atoms with Crippen LogP contribution < -0.4 is 5.73 Å². The minimum Gasteiger partial charge on any atom is -0.508 e. The molecule has 3 aromatic rings. The normalized spacial score (nSPS) is 10.8. The molecule has 1 aromatic carbocycles. The molecule has 7 heteroatoms. The molecule has 4 N–H and O–H groups in total. The number of H-pyrrole nitrogens is 1. The molecule has 128 valence electrons. The number of nitrogens with zero attached hydrogens (tertiary/aromatic N) is 2. The Bertz CT molecular complexity index is 890. The molecule has 0 atom stereocenters. The van der Waals surface area contributed by atoms with Crippen molar-refractivity contribution in [3.8, 4) is 5.75 Å². The fourth-order valence-corrected chi connectivity index (χ4v) is 2.87. The summed E-state index contributed by atoms with van der Waals surface area (Å²) in [6.45, 7) is 0. The van der Waals surface area contributed by atoms with Gasteiger partial charge in [-0.05, 0) is 42.2 Å². The molecule has 0 radical (unpaired) electrons. The highest BCUT2D eigenvalue weighted by Gasteiger charge is 2.19. The summed E-state index contributed by atoms with van der Waals surface area (Å²) in [4.78, 5) is 15.9. The molecule has 0 unspecified atom stereocenters. The largest absolute Gasteiger partial charge is 0.508 e. The molecule has 25 heavy (non-hydrogen) atoms. The standard InChI is InChI=1S/C18H17ClN4O2/c19-17-12(2-1-9-21-17)10-15-16(18(20)25)14(22-23-15)8-5-11-3-6-13(24)7-4-11/h1-4,6-7,9,24H,5,8,10H2,(H2,20,25)(H,22,23). The summed E-state index contributed by atoms with van der Waals surface area (Å²) in [5, 5.41) is 16.9. The average molecular weight is 357 g/mol. The first kappa shape index (κ1) is 17.0. The van der Waals surface area contributed by atoms with Gasteiger partial charge in [-0.1, -0.05) is 29.8 Å². The topological polar surface area (TPSA) is 105 Å². The molecule has 0 spiro atoms. The maximum Gasteiger partial charge on any atom is 0.252 e. The van der Waals surface area contributed by atoms with Gasteiger partial charge in [0.2, 0.25) is 0 Å². The predicted octanol–water partition coefficient (Wildman–Crippen LogP) is 2.64. The van der Waals surface area contributed by atoms with Gasteiger partial charge in [-0.3, -0.25) is 9.89 Å². The van der Waals surface area contributed by atoms with Gasteiger partial charge in [-0.15, -0.1) is 0 Å². The fraction of sp³-hybridized carbons (Fsp3) is 0.167. The van der Waals surface area contributed by atoms with Gasteiger partial charge in [0.15, 0.2) is 0 Å². The molecule has 0 aliphatic rings. The zero-order chi connectivity index (χ0) is 17.8. The zero-order valence-corrected chi connectivity index (χ0v) is 14.1. The monoisotopic (exact) mass is 356 g/mol. The third kappa shape index (κ3) is 3.97. The number of hydrogen-bond donors (Lipinski definition) is 3. The number of primary amides is 1. The average Bonchev–Trinajstić information content (AvgIpc) is 2.99. The number of carbonyl (C=O) groups excluding carboxylic acids is 1. The number of phenols is 1. The van der Waals surface area contributed by atoms with Gasteiger partial charge >= 0.3 is 0 Å². The fourth-order valence-electron chi connectivity index (χ4n) is 2.69. The number of carbonyl (C=O) groups is 1. The molecule has 1 amide bonds. The van der Waals surface area contributed by atoms with E-state index in [4.69, 9.17) is 17.3 Å². The molecule has 0 aliphatic heterocycles. The number of benzene rings is 1. The molecular formula is C18H17ClN4O2. The first-order chi connectivity index (χ1) is 12.0. The van der Waals surface area contributed by atoms with Gasteiger partial charge in [0, 0.05) is 12.6 Å². The Balaban J connectivity index is 1.81. The second-order valence-corrected chi connectivity index (χ2v) is 6.04. The summed E-state index contributed by atoms with van der Waals surface area (Å²) in [5.74, 6) is -0.304. The number of nitrogens with two attached hydrogens (primary N) is 1. The highest BCUT2D eigenvalue weighted by Crippen LogP contribution is 2.21. The number of aryl methyl sites for hydroxylation is 2. The number of phenolic OH excluding ortho intramolecular Hbond substituents is 1. The number of pyridine rings is 1. The lowest BCUT2D eigenvalue weighted by molar-refractivity contribution is 0.0998. The van der Waals surface area contributed by atoms with Gasteiger partial charge in [0.05, 0.1) is 17.0 Å². The number of nitrogens with one attached hydrogen (secondary N) is 1. The van der Waals surface area contributed by atoms with Crippen molar-refractivity contribution in [2.24, 2.45) is 5.73 Å². The summed E-state index contributed by atoms with van der Waals surface area (Å²) < 4.78 is 0. The highest BCUT2D eigenvalue weighted by atomic mass is 35.5. The van der Waals surface area contributed by atoms with E-state index >= 15 is 0 Å². The Labute approximate surface area is 149 Å². The lowest BCUT2D eigenvalue weighted by Gasteiger charge is -2.05. The van der Waals surface area contributed by atoms with Crippen LogP contribution in [0, 0.1) is 0 Å². The first-order valence-corrected chi connectivity index (χ1v) is 8.15. The van der Waals surface area contributed by atoms with E-state index in [0.717, 1.165) is 11.1 Å².